The minimum atomic E-state index is -0.00474. The highest BCUT2D eigenvalue weighted by molar-refractivity contribution is 6.36. The number of halogens is 2. The van der Waals surface area contributed by atoms with Crippen molar-refractivity contribution in [2.24, 2.45) is 5.73 Å². The van der Waals surface area contributed by atoms with Gasteiger partial charge in [-0.15, -0.1) is 0 Å². The number of rotatable bonds is 2. The minimum absolute atomic E-state index is 0.00474. The van der Waals surface area contributed by atoms with E-state index in [0.717, 1.165) is 11.3 Å². The molecule has 0 amide bonds. The quantitative estimate of drug-likeness (QED) is 0.885. The van der Waals surface area contributed by atoms with Gasteiger partial charge in [-0.25, -0.2) is 0 Å². The van der Waals surface area contributed by atoms with Gasteiger partial charge in [0.15, 0.2) is 0 Å². The molecule has 0 radical (unpaired) electrons. The normalized spacial score (nSPS) is 17.8. The van der Waals surface area contributed by atoms with Gasteiger partial charge in [0, 0.05) is 5.02 Å². The molecule has 0 saturated carbocycles. The van der Waals surface area contributed by atoms with E-state index >= 15 is 0 Å². The monoisotopic (exact) mass is 305 g/mol. The van der Waals surface area contributed by atoms with Gasteiger partial charge < -0.3 is 5.73 Å². The van der Waals surface area contributed by atoms with Crippen LogP contribution >= 0.6 is 23.2 Å². The average Bonchev–Trinajstić information content (AvgIpc) is 2.81. The number of nitrogens with zero attached hydrogens (tertiary/aromatic N) is 1. The van der Waals surface area contributed by atoms with Gasteiger partial charge in [-0.1, -0.05) is 53.5 Å². The third-order valence-corrected chi connectivity index (χ3v) is 3.71. The van der Waals surface area contributed by atoms with Crippen molar-refractivity contribution in [1.29, 1.82) is 0 Å². The van der Waals surface area contributed by atoms with Crippen LogP contribution in [0.2, 0.25) is 10.0 Å². The maximum Gasteiger partial charge on any atom is 0.113 e. The van der Waals surface area contributed by atoms with Gasteiger partial charge in [-0.2, -0.15) is 0 Å². The van der Waals surface area contributed by atoms with E-state index < -0.39 is 0 Å². The molecule has 0 aromatic heterocycles. The highest BCUT2D eigenvalue weighted by atomic mass is 35.5. The summed E-state index contributed by atoms with van der Waals surface area (Å²) in [6.07, 6.45) is 1.96. The summed E-state index contributed by atoms with van der Waals surface area (Å²) in [6, 6.07) is 15.5. The van der Waals surface area contributed by atoms with Gasteiger partial charge in [-0.3, -0.25) is 10.4 Å². The number of benzene rings is 2. The lowest BCUT2D eigenvalue weighted by Crippen LogP contribution is -2.36. The standard InChI is InChI=1S/C15H13Cl2N3/c16-11-6-7-13(12(17)8-11)20-14(9-15(18)19-20)10-4-2-1-3-5-10/h1-9,14,19H,18H2. The molecule has 0 spiro atoms. The Morgan fingerprint density at radius 1 is 1.05 bits per heavy atom. The summed E-state index contributed by atoms with van der Waals surface area (Å²) >= 11 is 12.2. The number of anilines is 1. The van der Waals surface area contributed by atoms with Gasteiger partial charge >= 0.3 is 0 Å². The van der Waals surface area contributed by atoms with Crippen molar-refractivity contribution in [3.05, 3.63) is 76.0 Å². The smallest absolute Gasteiger partial charge is 0.113 e. The topological polar surface area (TPSA) is 41.3 Å². The number of nitrogens with two attached hydrogens (primary N) is 1. The molecule has 1 aliphatic rings. The van der Waals surface area contributed by atoms with E-state index in [4.69, 9.17) is 28.9 Å². The molecule has 3 N–H and O–H groups in total. The van der Waals surface area contributed by atoms with Crippen molar-refractivity contribution in [2.75, 3.05) is 5.01 Å². The van der Waals surface area contributed by atoms with Crippen molar-refractivity contribution < 1.29 is 0 Å². The first kappa shape index (κ1) is 13.2. The van der Waals surface area contributed by atoms with Crippen LogP contribution in [0.4, 0.5) is 5.69 Å². The summed E-state index contributed by atoms with van der Waals surface area (Å²) in [5.41, 5.74) is 11.0. The third-order valence-electron chi connectivity index (χ3n) is 3.18. The lowest BCUT2D eigenvalue weighted by atomic mass is 10.1. The molecule has 20 heavy (non-hydrogen) atoms. The second-order valence-electron chi connectivity index (χ2n) is 4.56. The molecule has 1 heterocycles. The lowest BCUT2D eigenvalue weighted by molar-refractivity contribution is 0.701. The first-order valence-electron chi connectivity index (χ1n) is 6.18. The molecular weight excluding hydrogens is 293 g/mol. The van der Waals surface area contributed by atoms with Gasteiger partial charge in [-0.05, 0) is 29.8 Å². The first-order chi connectivity index (χ1) is 9.65. The predicted molar refractivity (Wildman–Crippen MR) is 83.5 cm³/mol. The van der Waals surface area contributed by atoms with E-state index in [1.54, 1.807) is 12.1 Å². The van der Waals surface area contributed by atoms with E-state index in [2.05, 4.69) is 17.6 Å². The van der Waals surface area contributed by atoms with Gasteiger partial charge in [0.1, 0.15) is 5.82 Å². The second-order valence-corrected chi connectivity index (χ2v) is 5.40. The maximum atomic E-state index is 6.28. The minimum Gasteiger partial charge on any atom is -0.384 e. The summed E-state index contributed by atoms with van der Waals surface area (Å²) in [5.74, 6) is 0.602. The van der Waals surface area contributed by atoms with Crippen molar-refractivity contribution in [3.8, 4) is 0 Å². The Bertz CT molecular complexity index is 655. The molecule has 2 aromatic carbocycles. The van der Waals surface area contributed by atoms with Crippen LogP contribution in [0.25, 0.3) is 0 Å². The summed E-state index contributed by atoms with van der Waals surface area (Å²) in [6.45, 7) is 0. The zero-order valence-corrected chi connectivity index (χ0v) is 12.1. The van der Waals surface area contributed by atoms with Crippen LogP contribution in [0.5, 0.6) is 0 Å². The van der Waals surface area contributed by atoms with Gasteiger partial charge in [0.2, 0.25) is 0 Å². The Balaban J connectivity index is 2.01. The molecule has 0 saturated heterocycles. The molecule has 1 aliphatic heterocycles. The zero-order valence-electron chi connectivity index (χ0n) is 10.6. The fourth-order valence-electron chi connectivity index (χ4n) is 2.27. The molecular formula is C15H13Cl2N3. The van der Waals surface area contributed by atoms with Crippen molar-refractivity contribution in [1.82, 2.24) is 5.43 Å². The Hall–Kier alpha value is -1.84. The summed E-state index contributed by atoms with van der Waals surface area (Å²) in [5, 5.41) is 3.12. The molecule has 1 atom stereocenters. The summed E-state index contributed by atoms with van der Waals surface area (Å²) < 4.78 is 0. The van der Waals surface area contributed by atoms with Gasteiger partial charge in [0.25, 0.3) is 0 Å². The van der Waals surface area contributed by atoms with E-state index in [0.29, 0.717) is 15.9 Å². The van der Waals surface area contributed by atoms with Crippen LogP contribution in [-0.4, -0.2) is 0 Å². The molecule has 1 unspecified atom stereocenters. The highest BCUT2D eigenvalue weighted by Gasteiger charge is 2.26. The molecule has 0 fully saturated rings. The fourth-order valence-corrected chi connectivity index (χ4v) is 2.77. The van der Waals surface area contributed by atoms with Crippen LogP contribution in [0.3, 0.4) is 0 Å². The van der Waals surface area contributed by atoms with Crippen LogP contribution in [0, 0.1) is 0 Å². The molecule has 3 nitrogen and oxygen atoms in total. The number of hydrazine groups is 1. The Labute approximate surface area is 127 Å². The lowest BCUT2D eigenvalue weighted by Gasteiger charge is -2.28. The summed E-state index contributed by atoms with van der Waals surface area (Å²) in [4.78, 5) is 0. The zero-order chi connectivity index (χ0) is 14.1. The largest absolute Gasteiger partial charge is 0.384 e. The van der Waals surface area contributed by atoms with E-state index in [1.165, 1.54) is 0 Å². The SMILES string of the molecule is NC1=CC(c2ccccc2)N(c2ccc(Cl)cc2Cl)N1. The second kappa shape index (κ2) is 5.27. The number of nitrogens with one attached hydrogen (secondary N) is 1. The number of hydrogen-bond acceptors (Lipinski definition) is 3. The van der Waals surface area contributed by atoms with Gasteiger partial charge in [0.05, 0.1) is 16.8 Å². The average molecular weight is 306 g/mol. The maximum absolute atomic E-state index is 6.28. The number of hydrogen-bond donors (Lipinski definition) is 2. The molecule has 2 aromatic rings. The Morgan fingerprint density at radius 3 is 2.50 bits per heavy atom. The molecule has 5 heteroatoms. The van der Waals surface area contributed by atoms with Crippen LogP contribution in [-0.2, 0) is 0 Å². The summed E-state index contributed by atoms with van der Waals surface area (Å²) in [7, 11) is 0. The van der Waals surface area contributed by atoms with Crippen LogP contribution in [0.15, 0.2) is 60.4 Å². The fraction of sp³-hybridized carbons (Fsp3) is 0.0667. The van der Waals surface area contributed by atoms with Crippen LogP contribution in [0.1, 0.15) is 11.6 Å². The molecule has 0 bridgehead atoms. The Kier molecular flexibility index (Phi) is 3.47. The molecule has 3 rings (SSSR count). The van der Waals surface area contributed by atoms with Crippen molar-refractivity contribution in [3.63, 3.8) is 0 Å². The van der Waals surface area contributed by atoms with E-state index in [-0.39, 0.29) is 6.04 Å². The van der Waals surface area contributed by atoms with E-state index in [1.807, 2.05) is 35.4 Å². The predicted octanol–water partition coefficient (Wildman–Crippen LogP) is 3.86. The highest BCUT2D eigenvalue weighted by Crippen LogP contribution is 2.36. The Morgan fingerprint density at radius 2 is 1.80 bits per heavy atom. The molecule has 0 aliphatic carbocycles. The third kappa shape index (κ3) is 2.42. The van der Waals surface area contributed by atoms with Crippen molar-refractivity contribution >= 4 is 28.9 Å². The van der Waals surface area contributed by atoms with Crippen LogP contribution < -0.4 is 16.2 Å². The molecule has 102 valence electrons. The van der Waals surface area contributed by atoms with Crippen molar-refractivity contribution in [2.45, 2.75) is 6.04 Å². The first-order valence-corrected chi connectivity index (χ1v) is 6.94. The van der Waals surface area contributed by atoms with E-state index in [9.17, 15) is 0 Å².